The van der Waals surface area contributed by atoms with Crippen LogP contribution in [0.4, 0.5) is 4.39 Å². The predicted molar refractivity (Wildman–Crippen MR) is 69.6 cm³/mol. The molecular formula is C12H16BrFN2O. The second kappa shape index (κ2) is 6.71. The molecule has 0 radical (unpaired) electrons. The summed E-state index contributed by atoms with van der Waals surface area (Å²) in [5, 5.41) is 2.69. The van der Waals surface area contributed by atoms with Crippen LogP contribution < -0.4 is 5.32 Å². The van der Waals surface area contributed by atoms with Crippen LogP contribution in [0.5, 0.6) is 0 Å². The molecule has 0 saturated heterocycles. The minimum absolute atomic E-state index is 0.0681. The van der Waals surface area contributed by atoms with Crippen molar-refractivity contribution in [2.45, 2.75) is 6.92 Å². The molecule has 0 aliphatic heterocycles. The summed E-state index contributed by atoms with van der Waals surface area (Å²) in [6, 6.07) is 4.68. The third-order valence-electron chi connectivity index (χ3n) is 2.52. The summed E-state index contributed by atoms with van der Waals surface area (Å²) in [6.07, 6.45) is 0. The third kappa shape index (κ3) is 4.09. The average molecular weight is 303 g/mol. The van der Waals surface area contributed by atoms with Gasteiger partial charge in [-0.15, -0.1) is 0 Å². The van der Waals surface area contributed by atoms with Crippen LogP contribution in [0.3, 0.4) is 0 Å². The zero-order valence-corrected chi connectivity index (χ0v) is 11.6. The highest BCUT2D eigenvalue weighted by molar-refractivity contribution is 9.10. The monoisotopic (exact) mass is 302 g/mol. The van der Waals surface area contributed by atoms with Crippen molar-refractivity contribution in [1.29, 1.82) is 0 Å². The van der Waals surface area contributed by atoms with Gasteiger partial charge in [0.25, 0.3) is 5.91 Å². The number of nitrogens with zero attached hydrogens (tertiary/aromatic N) is 1. The second-order valence-corrected chi connectivity index (χ2v) is 4.61. The second-order valence-electron chi connectivity index (χ2n) is 3.75. The number of rotatable bonds is 5. The first kappa shape index (κ1) is 14.1. The van der Waals surface area contributed by atoms with Crippen LogP contribution in [0.25, 0.3) is 0 Å². The molecule has 1 aromatic rings. The van der Waals surface area contributed by atoms with E-state index in [9.17, 15) is 9.18 Å². The smallest absolute Gasteiger partial charge is 0.254 e. The van der Waals surface area contributed by atoms with Gasteiger partial charge in [-0.05, 0) is 41.7 Å². The van der Waals surface area contributed by atoms with Crippen molar-refractivity contribution in [3.63, 3.8) is 0 Å². The number of carbonyl (C=O) groups is 1. The van der Waals surface area contributed by atoms with E-state index in [1.54, 1.807) is 12.1 Å². The van der Waals surface area contributed by atoms with E-state index in [1.807, 2.05) is 14.0 Å². The molecule has 5 heteroatoms. The topological polar surface area (TPSA) is 32.3 Å². The van der Waals surface area contributed by atoms with Crippen molar-refractivity contribution in [3.8, 4) is 0 Å². The quantitative estimate of drug-likeness (QED) is 0.905. The SMILES string of the molecule is CCN(C)CCNC(=O)c1cccc(Br)c1F. The fraction of sp³-hybridized carbons (Fsp3) is 0.417. The van der Waals surface area contributed by atoms with Crippen molar-refractivity contribution < 1.29 is 9.18 Å². The molecule has 1 rings (SSSR count). The highest BCUT2D eigenvalue weighted by Crippen LogP contribution is 2.18. The average Bonchev–Trinajstić information content (AvgIpc) is 2.32. The lowest BCUT2D eigenvalue weighted by molar-refractivity contribution is 0.0946. The number of hydrogen-bond donors (Lipinski definition) is 1. The molecule has 0 heterocycles. The molecule has 0 aliphatic rings. The Bertz CT molecular complexity index is 398. The van der Waals surface area contributed by atoms with Gasteiger partial charge in [0.1, 0.15) is 5.82 Å². The number of amides is 1. The Morgan fingerprint density at radius 1 is 1.53 bits per heavy atom. The minimum atomic E-state index is -0.520. The Kier molecular flexibility index (Phi) is 5.58. The maximum atomic E-state index is 13.6. The molecule has 1 N–H and O–H groups in total. The Balaban J connectivity index is 2.56. The van der Waals surface area contributed by atoms with Crippen LogP contribution in [0.1, 0.15) is 17.3 Å². The number of hydrogen-bond acceptors (Lipinski definition) is 2. The molecule has 0 spiro atoms. The maximum Gasteiger partial charge on any atom is 0.254 e. The van der Waals surface area contributed by atoms with E-state index < -0.39 is 5.82 Å². The molecule has 1 aromatic carbocycles. The number of halogens is 2. The summed E-state index contributed by atoms with van der Waals surface area (Å²) in [7, 11) is 1.96. The third-order valence-corrected chi connectivity index (χ3v) is 3.13. The molecule has 0 atom stereocenters. The van der Waals surface area contributed by atoms with Crippen molar-refractivity contribution in [3.05, 3.63) is 34.1 Å². The van der Waals surface area contributed by atoms with Crippen LogP contribution in [0.15, 0.2) is 22.7 Å². The molecule has 1 amide bonds. The maximum absolute atomic E-state index is 13.6. The van der Waals surface area contributed by atoms with E-state index in [4.69, 9.17) is 0 Å². The molecule has 0 aliphatic carbocycles. The number of carbonyl (C=O) groups excluding carboxylic acids is 1. The van der Waals surface area contributed by atoms with E-state index in [1.165, 1.54) is 6.07 Å². The highest BCUT2D eigenvalue weighted by Gasteiger charge is 2.13. The lowest BCUT2D eigenvalue weighted by Crippen LogP contribution is -2.33. The van der Waals surface area contributed by atoms with E-state index >= 15 is 0 Å². The van der Waals surface area contributed by atoms with Crippen LogP contribution in [-0.2, 0) is 0 Å². The summed E-state index contributed by atoms with van der Waals surface area (Å²) in [4.78, 5) is 13.8. The molecule has 0 bridgehead atoms. The van der Waals surface area contributed by atoms with E-state index in [0.29, 0.717) is 11.0 Å². The largest absolute Gasteiger partial charge is 0.351 e. The minimum Gasteiger partial charge on any atom is -0.351 e. The fourth-order valence-electron chi connectivity index (χ4n) is 1.29. The van der Waals surface area contributed by atoms with Crippen molar-refractivity contribution in [2.24, 2.45) is 0 Å². The first-order valence-corrected chi connectivity index (χ1v) is 6.26. The number of nitrogens with one attached hydrogen (secondary N) is 1. The molecule has 3 nitrogen and oxygen atoms in total. The van der Waals surface area contributed by atoms with Crippen LogP contribution >= 0.6 is 15.9 Å². The first-order chi connectivity index (χ1) is 8.06. The predicted octanol–water partition coefficient (Wildman–Crippen LogP) is 2.27. The summed E-state index contributed by atoms with van der Waals surface area (Å²) in [5.74, 6) is -0.901. The van der Waals surface area contributed by atoms with Gasteiger partial charge in [0.15, 0.2) is 0 Å². The summed E-state index contributed by atoms with van der Waals surface area (Å²) < 4.78 is 13.9. The van der Waals surface area contributed by atoms with Crippen LogP contribution in [-0.4, -0.2) is 37.5 Å². The molecule has 0 aromatic heterocycles. The normalized spacial score (nSPS) is 10.6. The Morgan fingerprint density at radius 3 is 2.88 bits per heavy atom. The Labute approximate surface area is 109 Å². The molecule has 94 valence electrons. The van der Waals surface area contributed by atoms with Gasteiger partial charge < -0.3 is 10.2 Å². The molecule has 0 saturated carbocycles. The molecule has 0 fully saturated rings. The number of likely N-dealkylation sites (N-methyl/N-ethyl adjacent to an activating group) is 1. The molecule has 0 unspecified atom stereocenters. The zero-order chi connectivity index (χ0) is 12.8. The van der Waals surface area contributed by atoms with Crippen LogP contribution in [0, 0.1) is 5.82 Å². The lowest BCUT2D eigenvalue weighted by Gasteiger charge is -2.14. The van der Waals surface area contributed by atoms with Crippen molar-refractivity contribution >= 4 is 21.8 Å². The number of benzene rings is 1. The van der Waals surface area contributed by atoms with E-state index in [-0.39, 0.29) is 11.5 Å². The van der Waals surface area contributed by atoms with Crippen molar-refractivity contribution in [1.82, 2.24) is 10.2 Å². The van der Waals surface area contributed by atoms with Gasteiger partial charge in [-0.1, -0.05) is 13.0 Å². The highest BCUT2D eigenvalue weighted by atomic mass is 79.9. The Morgan fingerprint density at radius 2 is 2.24 bits per heavy atom. The van der Waals surface area contributed by atoms with Crippen LogP contribution in [0.2, 0.25) is 0 Å². The zero-order valence-electron chi connectivity index (χ0n) is 9.96. The lowest BCUT2D eigenvalue weighted by atomic mass is 10.2. The van der Waals surface area contributed by atoms with Gasteiger partial charge in [0, 0.05) is 13.1 Å². The van der Waals surface area contributed by atoms with E-state index in [0.717, 1.165) is 13.1 Å². The van der Waals surface area contributed by atoms with Gasteiger partial charge in [-0.2, -0.15) is 0 Å². The van der Waals surface area contributed by atoms with Gasteiger partial charge in [-0.3, -0.25) is 4.79 Å². The van der Waals surface area contributed by atoms with Gasteiger partial charge in [-0.25, -0.2) is 4.39 Å². The molecule has 17 heavy (non-hydrogen) atoms. The summed E-state index contributed by atoms with van der Waals surface area (Å²) >= 11 is 3.05. The van der Waals surface area contributed by atoms with Gasteiger partial charge in [0.2, 0.25) is 0 Å². The standard InChI is InChI=1S/C12H16BrFN2O/c1-3-16(2)8-7-15-12(17)9-5-4-6-10(13)11(9)14/h4-6H,3,7-8H2,1-2H3,(H,15,17). The summed E-state index contributed by atoms with van der Waals surface area (Å²) in [6.45, 7) is 4.21. The fourth-order valence-corrected chi connectivity index (χ4v) is 1.66. The van der Waals surface area contributed by atoms with Crippen molar-refractivity contribution in [2.75, 3.05) is 26.7 Å². The summed E-state index contributed by atoms with van der Waals surface area (Å²) in [5.41, 5.74) is 0.0681. The van der Waals surface area contributed by atoms with Gasteiger partial charge >= 0.3 is 0 Å². The Hall–Kier alpha value is -0.940. The van der Waals surface area contributed by atoms with Gasteiger partial charge in [0.05, 0.1) is 10.0 Å². The molecular weight excluding hydrogens is 287 g/mol. The van der Waals surface area contributed by atoms with E-state index in [2.05, 4.69) is 26.1 Å². The first-order valence-electron chi connectivity index (χ1n) is 5.47.